The van der Waals surface area contributed by atoms with Gasteiger partial charge in [0, 0.05) is 5.69 Å². The zero-order valence-corrected chi connectivity index (χ0v) is 11.5. The highest BCUT2D eigenvalue weighted by molar-refractivity contribution is 7.84. The van der Waals surface area contributed by atoms with Gasteiger partial charge in [0.15, 0.2) is 0 Å². The molecule has 0 aliphatic carbocycles. The maximum Gasteiger partial charge on any atom is 0.0621 e. The van der Waals surface area contributed by atoms with Crippen LogP contribution in [0.25, 0.3) is 0 Å². The van der Waals surface area contributed by atoms with Crippen molar-refractivity contribution in [3.05, 3.63) is 59.2 Å². The number of hydrogen-bond donors (Lipinski definition) is 1. The normalized spacial score (nSPS) is 12.3. The maximum absolute atomic E-state index is 12.3. The summed E-state index contributed by atoms with van der Waals surface area (Å²) in [6.07, 6.45) is 0. The van der Waals surface area contributed by atoms with Gasteiger partial charge in [0.1, 0.15) is 0 Å². The number of rotatable bonds is 3. The van der Waals surface area contributed by atoms with Gasteiger partial charge >= 0.3 is 0 Å². The molecule has 0 amide bonds. The number of benzene rings is 2. The highest BCUT2D eigenvalue weighted by Crippen LogP contribution is 2.21. The van der Waals surface area contributed by atoms with Crippen molar-refractivity contribution in [2.24, 2.45) is 0 Å². The van der Waals surface area contributed by atoms with Gasteiger partial charge in [-0.3, -0.25) is 4.21 Å². The van der Waals surface area contributed by atoms with Crippen LogP contribution < -0.4 is 5.73 Å². The van der Waals surface area contributed by atoms with Crippen molar-refractivity contribution in [2.75, 3.05) is 5.73 Å². The van der Waals surface area contributed by atoms with E-state index in [-0.39, 0.29) is 0 Å². The minimum atomic E-state index is -1.09. The van der Waals surface area contributed by atoms with Crippen molar-refractivity contribution < 1.29 is 4.21 Å². The van der Waals surface area contributed by atoms with Crippen LogP contribution in [0.4, 0.5) is 5.69 Å². The van der Waals surface area contributed by atoms with E-state index in [0.717, 1.165) is 21.6 Å². The third-order valence-electron chi connectivity index (χ3n) is 2.96. The molecule has 18 heavy (non-hydrogen) atoms. The first-order valence-electron chi connectivity index (χ1n) is 5.87. The summed E-state index contributed by atoms with van der Waals surface area (Å²) in [5.74, 6) is 0.514. The van der Waals surface area contributed by atoms with Crippen LogP contribution in [0.1, 0.15) is 16.7 Å². The third kappa shape index (κ3) is 2.79. The van der Waals surface area contributed by atoms with Crippen LogP contribution >= 0.6 is 0 Å². The molecule has 0 bridgehead atoms. The predicted molar refractivity (Wildman–Crippen MR) is 76.9 cm³/mol. The highest BCUT2D eigenvalue weighted by Gasteiger charge is 2.10. The van der Waals surface area contributed by atoms with Gasteiger partial charge in [-0.2, -0.15) is 0 Å². The van der Waals surface area contributed by atoms with Crippen molar-refractivity contribution in [3.8, 4) is 0 Å². The Hall–Kier alpha value is -1.61. The van der Waals surface area contributed by atoms with Crippen LogP contribution in [-0.4, -0.2) is 4.21 Å². The lowest BCUT2D eigenvalue weighted by Gasteiger charge is -2.08. The SMILES string of the molecule is Cc1ccc(S(=O)Cc2ccccc2C)c(N)c1. The molecule has 0 aliphatic heterocycles. The van der Waals surface area contributed by atoms with E-state index in [1.165, 1.54) is 0 Å². The fourth-order valence-electron chi connectivity index (χ4n) is 1.87. The second kappa shape index (κ2) is 5.36. The van der Waals surface area contributed by atoms with E-state index in [1.54, 1.807) is 0 Å². The first kappa shape index (κ1) is 12.8. The standard InChI is InChI=1S/C15H17NOS/c1-11-7-8-15(14(16)9-11)18(17)10-13-6-4-3-5-12(13)2/h3-9H,10,16H2,1-2H3. The Bertz CT molecular complexity index is 593. The van der Waals surface area contributed by atoms with E-state index in [9.17, 15) is 4.21 Å². The number of nitrogen functional groups attached to an aromatic ring is 1. The predicted octanol–water partition coefficient (Wildman–Crippen LogP) is 3.19. The summed E-state index contributed by atoms with van der Waals surface area (Å²) < 4.78 is 12.3. The zero-order valence-electron chi connectivity index (χ0n) is 10.6. The first-order valence-corrected chi connectivity index (χ1v) is 7.19. The summed E-state index contributed by atoms with van der Waals surface area (Å²) in [5.41, 5.74) is 9.89. The summed E-state index contributed by atoms with van der Waals surface area (Å²) in [4.78, 5) is 0.726. The molecule has 3 heteroatoms. The molecule has 1 unspecified atom stereocenters. The number of nitrogens with two attached hydrogens (primary N) is 1. The van der Waals surface area contributed by atoms with E-state index in [2.05, 4.69) is 0 Å². The van der Waals surface area contributed by atoms with E-state index in [4.69, 9.17) is 5.73 Å². The maximum atomic E-state index is 12.3. The largest absolute Gasteiger partial charge is 0.398 e. The van der Waals surface area contributed by atoms with Crippen molar-refractivity contribution in [1.82, 2.24) is 0 Å². The van der Waals surface area contributed by atoms with Gasteiger partial charge in [0.05, 0.1) is 21.4 Å². The Balaban J connectivity index is 2.25. The van der Waals surface area contributed by atoms with Gasteiger partial charge in [0.2, 0.25) is 0 Å². The Morgan fingerprint density at radius 2 is 1.83 bits per heavy atom. The van der Waals surface area contributed by atoms with Crippen LogP contribution in [0.3, 0.4) is 0 Å². The first-order chi connectivity index (χ1) is 8.58. The van der Waals surface area contributed by atoms with Crippen molar-refractivity contribution in [2.45, 2.75) is 24.5 Å². The van der Waals surface area contributed by atoms with Crippen LogP contribution in [0.15, 0.2) is 47.4 Å². The lowest BCUT2D eigenvalue weighted by Crippen LogP contribution is -2.02. The molecule has 0 aliphatic rings. The summed E-state index contributed by atoms with van der Waals surface area (Å²) >= 11 is 0. The average molecular weight is 259 g/mol. The smallest absolute Gasteiger partial charge is 0.0621 e. The molecule has 2 nitrogen and oxygen atoms in total. The molecule has 0 saturated heterocycles. The Labute approximate surface area is 110 Å². The molecule has 1 atom stereocenters. The third-order valence-corrected chi connectivity index (χ3v) is 4.39. The Kier molecular flexibility index (Phi) is 3.82. The minimum Gasteiger partial charge on any atom is -0.398 e. The lowest BCUT2D eigenvalue weighted by atomic mass is 10.1. The summed E-state index contributed by atoms with van der Waals surface area (Å²) in [5, 5.41) is 0. The second-order valence-corrected chi connectivity index (χ2v) is 5.88. The minimum absolute atomic E-state index is 0.514. The molecular formula is C15H17NOS. The van der Waals surface area contributed by atoms with Gasteiger partial charge in [-0.1, -0.05) is 30.3 Å². The molecule has 0 spiro atoms. The number of hydrogen-bond acceptors (Lipinski definition) is 2. The molecule has 2 aromatic carbocycles. The quantitative estimate of drug-likeness (QED) is 0.860. The van der Waals surface area contributed by atoms with Crippen LogP contribution in [0, 0.1) is 13.8 Å². The average Bonchev–Trinajstić information content (AvgIpc) is 2.32. The fourth-order valence-corrected chi connectivity index (χ4v) is 3.17. The molecule has 2 N–H and O–H groups in total. The molecule has 0 saturated carbocycles. The summed E-state index contributed by atoms with van der Waals surface area (Å²) in [6.45, 7) is 4.01. The van der Waals surface area contributed by atoms with Crippen molar-refractivity contribution in [1.29, 1.82) is 0 Å². The van der Waals surface area contributed by atoms with Gasteiger partial charge in [-0.15, -0.1) is 0 Å². The van der Waals surface area contributed by atoms with E-state index in [0.29, 0.717) is 11.4 Å². The molecule has 2 aromatic rings. The van der Waals surface area contributed by atoms with Crippen molar-refractivity contribution >= 4 is 16.5 Å². The monoisotopic (exact) mass is 259 g/mol. The summed E-state index contributed by atoms with van der Waals surface area (Å²) in [6, 6.07) is 13.7. The Morgan fingerprint density at radius 1 is 1.11 bits per heavy atom. The molecule has 0 aromatic heterocycles. The molecule has 0 fully saturated rings. The topological polar surface area (TPSA) is 43.1 Å². The summed E-state index contributed by atoms with van der Waals surface area (Å²) in [7, 11) is -1.09. The number of anilines is 1. The van der Waals surface area contributed by atoms with Gasteiger partial charge in [-0.25, -0.2) is 0 Å². The van der Waals surface area contributed by atoms with Gasteiger partial charge < -0.3 is 5.73 Å². The van der Waals surface area contributed by atoms with E-state index < -0.39 is 10.8 Å². The molecule has 2 rings (SSSR count). The van der Waals surface area contributed by atoms with Gasteiger partial charge in [0.25, 0.3) is 0 Å². The highest BCUT2D eigenvalue weighted by atomic mass is 32.2. The lowest BCUT2D eigenvalue weighted by molar-refractivity contribution is 0.683. The molecule has 0 radical (unpaired) electrons. The van der Waals surface area contributed by atoms with E-state index >= 15 is 0 Å². The van der Waals surface area contributed by atoms with E-state index in [1.807, 2.05) is 56.3 Å². The molecule has 0 heterocycles. The Morgan fingerprint density at radius 3 is 2.50 bits per heavy atom. The van der Waals surface area contributed by atoms with Crippen LogP contribution in [0.5, 0.6) is 0 Å². The zero-order chi connectivity index (χ0) is 13.1. The second-order valence-electron chi connectivity index (χ2n) is 4.46. The van der Waals surface area contributed by atoms with Gasteiger partial charge in [-0.05, 0) is 42.7 Å². The van der Waals surface area contributed by atoms with Crippen LogP contribution in [0.2, 0.25) is 0 Å². The molecule has 94 valence electrons. The molecular weight excluding hydrogens is 242 g/mol. The van der Waals surface area contributed by atoms with Crippen LogP contribution in [-0.2, 0) is 16.6 Å². The number of aryl methyl sites for hydroxylation is 2. The fraction of sp³-hybridized carbons (Fsp3) is 0.200. The van der Waals surface area contributed by atoms with Crippen molar-refractivity contribution in [3.63, 3.8) is 0 Å².